The Morgan fingerprint density at radius 1 is 1.37 bits per heavy atom. The molecule has 1 aliphatic heterocycles. The lowest BCUT2D eigenvalue weighted by Gasteiger charge is -2.32. The number of nitrogens with zero attached hydrogens (tertiary/aromatic N) is 1. The van der Waals surface area contributed by atoms with E-state index in [9.17, 15) is 17.6 Å². The fraction of sp³-hybridized carbons (Fsp3) is 0.417. The van der Waals surface area contributed by atoms with Crippen molar-refractivity contribution in [3.8, 4) is 0 Å². The van der Waals surface area contributed by atoms with Crippen molar-refractivity contribution >= 4 is 15.9 Å². The van der Waals surface area contributed by atoms with E-state index in [0.29, 0.717) is 12.8 Å². The first-order chi connectivity index (χ1) is 8.93. The van der Waals surface area contributed by atoms with Crippen LogP contribution in [0.1, 0.15) is 19.3 Å². The second kappa shape index (κ2) is 5.26. The van der Waals surface area contributed by atoms with Crippen LogP contribution < -0.4 is 5.73 Å². The minimum absolute atomic E-state index is 0.152. The first kappa shape index (κ1) is 14.0. The van der Waals surface area contributed by atoms with Gasteiger partial charge in [0.05, 0.1) is 4.90 Å². The molecule has 5 nitrogen and oxygen atoms in total. The number of piperidine rings is 1. The number of nitrogens with two attached hydrogens (primary N) is 1. The summed E-state index contributed by atoms with van der Waals surface area (Å²) in [5.74, 6) is -1.30. The number of halogens is 1. The fourth-order valence-corrected chi connectivity index (χ4v) is 3.94. The van der Waals surface area contributed by atoms with E-state index in [1.54, 1.807) is 0 Å². The fourth-order valence-electron chi connectivity index (χ4n) is 2.24. The third-order valence-corrected chi connectivity index (χ3v) is 5.09. The van der Waals surface area contributed by atoms with Crippen molar-refractivity contribution in [3.63, 3.8) is 0 Å². The van der Waals surface area contributed by atoms with Crippen LogP contribution >= 0.6 is 0 Å². The molecule has 1 fully saturated rings. The summed E-state index contributed by atoms with van der Waals surface area (Å²) in [6, 6.07) is 3.90. The maximum absolute atomic E-state index is 13.1. The number of rotatable bonds is 3. The predicted octanol–water partition coefficient (Wildman–Crippen LogP) is 0.854. The maximum Gasteiger partial charge on any atom is 0.243 e. The zero-order chi connectivity index (χ0) is 14.0. The van der Waals surface area contributed by atoms with Gasteiger partial charge in [-0.05, 0) is 31.0 Å². The Morgan fingerprint density at radius 2 is 2.11 bits per heavy atom. The molecule has 1 amide bonds. The highest BCUT2D eigenvalue weighted by atomic mass is 32.2. The first-order valence-corrected chi connectivity index (χ1v) is 7.43. The van der Waals surface area contributed by atoms with Crippen LogP contribution in [0.15, 0.2) is 29.2 Å². The number of primary amides is 1. The van der Waals surface area contributed by atoms with Gasteiger partial charge in [0, 0.05) is 6.54 Å². The highest BCUT2D eigenvalue weighted by molar-refractivity contribution is 7.89. The molecule has 0 spiro atoms. The monoisotopic (exact) mass is 286 g/mol. The Morgan fingerprint density at radius 3 is 2.74 bits per heavy atom. The second-order valence-electron chi connectivity index (χ2n) is 4.49. The topological polar surface area (TPSA) is 80.5 Å². The largest absolute Gasteiger partial charge is 0.368 e. The van der Waals surface area contributed by atoms with Gasteiger partial charge >= 0.3 is 0 Å². The summed E-state index contributed by atoms with van der Waals surface area (Å²) < 4.78 is 39.0. The molecule has 1 atom stereocenters. The van der Waals surface area contributed by atoms with Gasteiger partial charge in [0.15, 0.2) is 0 Å². The van der Waals surface area contributed by atoms with Gasteiger partial charge in [-0.15, -0.1) is 0 Å². The molecule has 0 bridgehead atoms. The number of benzene rings is 1. The van der Waals surface area contributed by atoms with Crippen LogP contribution in [0.5, 0.6) is 0 Å². The first-order valence-electron chi connectivity index (χ1n) is 5.99. The molecule has 0 aliphatic carbocycles. The molecule has 2 rings (SSSR count). The van der Waals surface area contributed by atoms with Gasteiger partial charge in [0.25, 0.3) is 0 Å². The molecule has 19 heavy (non-hydrogen) atoms. The summed E-state index contributed by atoms with van der Waals surface area (Å²) in [6.45, 7) is 0.229. The zero-order valence-corrected chi connectivity index (χ0v) is 11.1. The highest BCUT2D eigenvalue weighted by Crippen LogP contribution is 2.25. The molecule has 1 aromatic carbocycles. The Bertz CT molecular complexity index is 588. The maximum atomic E-state index is 13.1. The molecule has 1 aliphatic rings. The van der Waals surface area contributed by atoms with Crippen molar-refractivity contribution in [2.75, 3.05) is 6.54 Å². The number of sulfonamides is 1. The average molecular weight is 286 g/mol. The summed E-state index contributed by atoms with van der Waals surface area (Å²) >= 11 is 0. The summed E-state index contributed by atoms with van der Waals surface area (Å²) in [5.41, 5.74) is 5.24. The van der Waals surface area contributed by atoms with E-state index in [-0.39, 0.29) is 11.4 Å². The number of amides is 1. The molecule has 7 heteroatoms. The van der Waals surface area contributed by atoms with Crippen molar-refractivity contribution in [2.24, 2.45) is 5.73 Å². The number of carbonyl (C=O) groups is 1. The average Bonchev–Trinajstić information content (AvgIpc) is 2.38. The van der Waals surface area contributed by atoms with Gasteiger partial charge in [0.1, 0.15) is 11.9 Å². The number of hydrogen-bond acceptors (Lipinski definition) is 3. The summed E-state index contributed by atoms with van der Waals surface area (Å²) in [4.78, 5) is 11.2. The molecule has 0 saturated carbocycles. The van der Waals surface area contributed by atoms with Crippen molar-refractivity contribution in [1.82, 2.24) is 4.31 Å². The summed E-state index contributed by atoms with van der Waals surface area (Å²) in [6.07, 6.45) is 1.82. The van der Waals surface area contributed by atoms with E-state index in [1.807, 2.05) is 0 Å². The summed E-state index contributed by atoms with van der Waals surface area (Å²) in [5, 5.41) is 0. The highest BCUT2D eigenvalue weighted by Gasteiger charge is 2.36. The third kappa shape index (κ3) is 2.76. The van der Waals surface area contributed by atoms with E-state index in [0.717, 1.165) is 16.8 Å². The third-order valence-electron chi connectivity index (χ3n) is 3.18. The molecule has 2 N–H and O–H groups in total. The van der Waals surface area contributed by atoms with Gasteiger partial charge in [-0.1, -0.05) is 12.5 Å². The van der Waals surface area contributed by atoms with Crippen molar-refractivity contribution in [1.29, 1.82) is 0 Å². The molecule has 1 aromatic rings. The van der Waals surface area contributed by atoms with Gasteiger partial charge in [-0.25, -0.2) is 12.8 Å². The minimum Gasteiger partial charge on any atom is -0.368 e. The lowest BCUT2D eigenvalue weighted by Crippen LogP contribution is -2.50. The Balaban J connectivity index is 2.40. The molecule has 0 aromatic heterocycles. The normalized spacial score (nSPS) is 21.2. The van der Waals surface area contributed by atoms with E-state index in [4.69, 9.17) is 5.73 Å². The molecular weight excluding hydrogens is 271 g/mol. The van der Waals surface area contributed by atoms with E-state index in [1.165, 1.54) is 18.2 Å². The van der Waals surface area contributed by atoms with Gasteiger partial charge in [-0.2, -0.15) is 4.31 Å². The van der Waals surface area contributed by atoms with Crippen LogP contribution in [-0.2, 0) is 14.8 Å². The lowest BCUT2D eigenvalue weighted by atomic mass is 10.0. The van der Waals surface area contributed by atoms with Crippen LogP contribution in [0.3, 0.4) is 0 Å². The molecule has 0 unspecified atom stereocenters. The van der Waals surface area contributed by atoms with E-state index < -0.39 is 27.8 Å². The molecule has 1 saturated heterocycles. The van der Waals surface area contributed by atoms with Crippen LogP contribution in [0, 0.1) is 5.82 Å². The standard InChI is InChI=1S/C12H15FN2O3S/c13-9-4-3-5-10(8-9)19(17,18)15-7-2-1-6-11(15)12(14)16/h3-5,8,11H,1-2,6-7H2,(H2,14,16)/t11-/m1/s1. The number of carbonyl (C=O) groups excluding carboxylic acids is 1. The molecule has 0 radical (unpaired) electrons. The van der Waals surface area contributed by atoms with Crippen LogP contribution in [0.4, 0.5) is 4.39 Å². The van der Waals surface area contributed by atoms with Crippen molar-refractivity contribution in [3.05, 3.63) is 30.1 Å². The minimum atomic E-state index is -3.89. The second-order valence-corrected chi connectivity index (χ2v) is 6.38. The SMILES string of the molecule is NC(=O)[C@H]1CCCCN1S(=O)(=O)c1cccc(F)c1. The predicted molar refractivity (Wildman–Crippen MR) is 67.1 cm³/mol. The Kier molecular flexibility index (Phi) is 3.86. The Hall–Kier alpha value is -1.47. The van der Waals surface area contributed by atoms with Crippen molar-refractivity contribution < 1.29 is 17.6 Å². The zero-order valence-electron chi connectivity index (χ0n) is 10.3. The van der Waals surface area contributed by atoms with Crippen LogP contribution in [0.2, 0.25) is 0 Å². The summed E-state index contributed by atoms with van der Waals surface area (Å²) in [7, 11) is -3.89. The van der Waals surface area contributed by atoms with Gasteiger partial charge < -0.3 is 5.73 Å². The van der Waals surface area contributed by atoms with Crippen molar-refractivity contribution in [2.45, 2.75) is 30.2 Å². The number of hydrogen-bond donors (Lipinski definition) is 1. The van der Waals surface area contributed by atoms with Crippen LogP contribution in [0.25, 0.3) is 0 Å². The van der Waals surface area contributed by atoms with Gasteiger partial charge in [-0.3, -0.25) is 4.79 Å². The lowest BCUT2D eigenvalue weighted by molar-refractivity contribution is -0.122. The molecule has 104 valence electrons. The van der Waals surface area contributed by atoms with E-state index in [2.05, 4.69) is 0 Å². The van der Waals surface area contributed by atoms with E-state index >= 15 is 0 Å². The van der Waals surface area contributed by atoms with Gasteiger partial charge in [0.2, 0.25) is 15.9 Å². The van der Waals surface area contributed by atoms with Crippen LogP contribution in [-0.4, -0.2) is 31.2 Å². The molecular formula is C12H15FN2O3S. The quantitative estimate of drug-likeness (QED) is 0.894. The Labute approximate surface area is 111 Å². The molecule has 1 heterocycles. The smallest absolute Gasteiger partial charge is 0.243 e.